The molecule has 4 rings (SSSR count). The average molecular weight is 470 g/mol. The van der Waals surface area contributed by atoms with Crippen molar-refractivity contribution in [1.82, 2.24) is 15.0 Å². The van der Waals surface area contributed by atoms with Crippen molar-refractivity contribution in [2.75, 3.05) is 5.32 Å². The van der Waals surface area contributed by atoms with E-state index in [1.54, 1.807) is 43.5 Å². The van der Waals surface area contributed by atoms with E-state index in [4.69, 9.17) is 5.14 Å². The molecule has 0 unspecified atom stereocenters. The highest BCUT2D eigenvalue weighted by atomic mass is 32.2. The number of aromatic nitrogens is 3. The van der Waals surface area contributed by atoms with Crippen LogP contribution in [0.3, 0.4) is 0 Å². The molecule has 0 saturated carbocycles. The van der Waals surface area contributed by atoms with E-state index < -0.39 is 10.0 Å². The molecule has 0 radical (unpaired) electrons. The second-order valence-corrected chi connectivity index (χ2v) is 9.48. The molecule has 0 bridgehead atoms. The van der Waals surface area contributed by atoms with Crippen molar-refractivity contribution < 1.29 is 18.6 Å². The van der Waals surface area contributed by atoms with Crippen LogP contribution in [0.5, 0.6) is 11.5 Å². The third-order valence-electron chi connectivity index (χ3n) is 4.54. The van der Waals surface area contributed by atoms with Crippen molar-refractivity contribution in [2.45, 2.75) is 18.7 Å². The Hall–Kier alpha value is -3.54. The Balaban J connectivity index is 1.68. The van der Waals surface area contributed by atoms with E-state index in [0.717, 1.165) is 0 Å². The van der Waals surface area contributed by atoms with E-state index in [2.05, 4.69) is 20.3 Å². The van der Waals surface area contributed by atoms with Crippen LogP contribution in [0.15, 0.2) is 52.7 Å². The molecular formula is C21H19N5O4S2. The number of nitrogens with zero attached hydrogens (tertiary/aromatic N) is 3. The molecule has 2 aromatic heterocycles. The quantitative estimate of drug-likeness (QED) is 0.323. The standard InChI is InChI=1S/C21H19N5O4S2/c1-11-7-12(2)24-20(23-11)15-5-4-14(9-19(15)32(22,29)30)25-21-26-16(10-31-21)13-3-6-17(27)18(28)8-13/h3-10,27-28H,1-2H3,(H,25,26)(H2,22,29,30). The molecule has 0 amide bonds. The number of aromatic hydroxyl groups is 2. The first kappa shape index (κ1) is 21.7. The Morgan fingerprint density at radius 3 is 2.31 bits per heavy atom. The minimum atomic E-state index is -4.06. The van der Waals surface area contributed by atoms with E-state index in [9.17, 15) is 18.6 Å². The second kappa shape index (κ2) is 8.19. The lowest BCUT2D eigenvalue weighted by atomic mass is 10.1. The molecule has 0 atom stereocenters. The Morgan fingerprint density at radius 1 is 0.938 bits per heavy atom. The molecule has 2 heterocycles. The number of phenols is 2. The molecule has 2 aromatic carbocycles. The largest absolute Gasteiger partial charge is 0.504 e. The first-order chi connectivity index (χ1) is 15.1. The molecule has 5 N–H and O–H groups in total. The monoisotopic (exact) mass is 469 g/mol. The lowest BCUT2D eigenvalue weighted by Gasteiger charge is -2.11. The van der Waals surface area contributed by atoms with Crippen LogP contribution in [-0.2, 0) is 10.0 Å². The Kier molecular flexibility index (Phi) is 5.55. The van der Waals surface area contributed by atoms with Gasteiger partial charge in [-0.15, -0.1) is 11.3 Å². The van der Waals surface area contributed by atoms with Crippen molar-refractivity contribution in [3.63, 3.8) is 0 Å². The van der Waals surface area contributed by atoms with Crippen LogP contribution in [0.4, 0.5) is 10.8 Å². The number of anilines is 2. The highest BCUT2D eigenvalue weighted by Crippen LogP contribution is 2.34. The molecule has 32 heavy (non-hydrogen) atoms. The lowest BCUT2D eigenvalue weighted by molar-refractivity contribution is 0.404. The molecule has 0 spiro atoms. The summed E-state index contributed by atoms with van der Waals surface area (Å²) >= 11 is 1.30. The van der Waals surface area contributed by atoms with Crippen LogP contribution in [-0.4, -0.2) is 33.6 Å². The lowest BCUT2D eigenvalue weighted by Crippen LogP contribution is -2.14. The van der Waals surface area contributed by atoms with E-state index in [1.165, 1.54) is 29.5 Å². The predicted molar refractivity (Wildman–Crippen MR) is 122 cm³/mol. The zero-order chi connectivity index (χ0) is 23.0. The van der Waals surface area contributed by atoms with Gasteiger partial charge in [-0.25, -0.2) is 28.5 Å². The van der Waals surface area contributed by atoms with Gasteiger partial charge in [-0.05, 0) is 56.3 Å². The number of hydrogen-bond donors (Lipinski definition) is 4. The second-order valence-electron chi connectivity index (χ2n) is 7.10. The highest BCUT2D eigenvalue weighted by Gasteiger charge is 2.19. The summed E-state index contributed by atoms with van der Waals surface area (Å²) in [7, 11) is -4.06. The molecule has 164 valence electrons. The van der Waals surface area contributed by atoms with Crippen molar-refractivity contribution in [2.24, 2.45) is 5.14 Å². The number of hydrogen-bond acceptors (Lipinski definition) is 9. The van der Waals surface area contributed by atoms with Crippen LogP contribution < -0.4 is 10.5 Å². The summed E-state index contributed by atoms with van der Waals surface area (Å²) in [6.45, 7) is 3.61. The zero-order valence-electron chi connectivity index (χ0n) is 17.1. The van der Waals surface area contributed by atoms with Crippen molar-refractivity contribution in [3.05, 3.63) is 59.2 Å². The Labute approximate surface area is 188 Å². The normalized spacial score (nSPS) is 11.5. The number of benzene rings is 2. The fraction of sp³-hybridized carbons (Fsp3) is 0.0952. The van der Waals surface area contributed by atoms with E-state index in [1.807, 2.05) is 0 Å². The SMILES string of the molecule is Cc1cc(C)nc(-c2ccc(Nc3nc(-c4ccc(O)c(O)c4)cs3)cc2S(N)(=O)=O)n1. The van der Waals surface area contributed by atoms with Crippen molar-refractivity contribution in [3.8, 4) is 34.1 Å². The van der Waals surface area contributed by atoms with Gasteiger partial charge in [0, 0.05) is 33.6 Å². The summed E-state index contributed by atoms with van der Waals surface area (Å²) in [5, 5.41) is 30.0. The number of thiazole rings is 1. The third kappa shape index (κ3) is 4.54. The molecule has 0 saturated heterocycles. The molecule has 9 nitrogen and oxygen atoms in total. The summed E-state index contributed by atoms with van der Waals surface area (Å²) in [6, 6.07) is 10.9. The number of sulfonamides is 1. The maximum atomic E-state index is 12.3. The summed E-state index contributed by atoms with van der Waals surface area (Å²) in [5.74, 6) is -0.181. The highest BCUT2D eigenvalue weighted by molar-refractivity contribution is 7.89. The molecule has 0 aliphatic heterocycles. The number of aryl methyl sites for hydroxylation is 2. The van der Waals surface area contributed by atoms with Crippen LogP contribution in [0, 0.1) is 13.8 Å². The van der Waals surface area contributed by atoms with Gasteiger partial charge in [0.1, 0.15) is 0 Å². The van der Waals surface area contributed by atoms with Crippen LogP contribution >= 0.6 is 11.3 Å². The molecular weight excluding hydrogens is 450 g/mol. The number of primary sulfonamides is 1. The molecule has 0 aliphatic carbocycles. The minimum absolute atomic E-state index is 0.104. The van der Waals surface area contributed by atoms with E-state index >= 15 is 0 Å². The Bertz CT molecular complexity index is 1410. The first-order valence-electron chi connectivity index (χ1n) is 9.34. The van der Waals surface area contributed by atoms with Crippen LogP contribution in [0.25, 0.3) is 22.6 Å². The third-order valence-corrected chi connectivity index (χ3v) is 6.25. The maximum absolute atomic E-state index is 12.3. The van der Waals surface area contributed by atoms with Crippen LogP contribution in [0.2, 0.25) is 0 Å². The average Bonchev–Trinajstić information content (AvgIpc) is 3.17. The number of phenolic OH excluding ortho intramolecular Hbond substituents is 2. The number of nitrogens with one attached hydrogen (secondary N) is 1. The minimum Gasteiger partial charge on any atom is -0.504 e. The first-order valence-corrected chi connectivity index (χ1v) is 11.8. The van der Waals surface area contributed by atoms with Crippen molar-refractivity contribution >= 4 is 32.2 Å². The molecule has 0 fully saturated rings. The summed E-state index contributed by atoms with van der Waals surface area (Å²) in [5.41, 5.74) is 3.41. The van der Waals surface area contributed by atoms with Gasteiger partial charge in [-0.2, -0.15) is 0 Å². The molecule has 11 heteroatoms. The Morgan fingerprint density at radius 2 is 1.66 bits per heavy atom. The van der Waals surface area contributed by atoms with Gasteiger partial charge in [0.05, 0.1) is 10.6 Å². The van der Waals surface area contributed by atoms with Gasteiger partial charge < -0.3 is 15.5 Å². The molecule has 4 aromatic rings. The van der Waals surface area contributed by atoms with Gasteiger partial charge in [-0.3, -0.25) is 0 Å². The fourth-order valence-corrected chi connectivity index (χ4v) is 4.63. The molecule has 0 aliphatic rings. The number of rotatable bonds is 5. The number of nitrogens with two attached hydrogens (primary N) is 1. The van der Waals surface area contributed by atoms with Gasteiger partial charge >= 0.3 is 0 Å². The van der Waals surface area contributed by atoms with E-state index in [-0.39, 0.29) is 22.2 Å². The summed E-state index contributed by atoms with van der Waals surface area (Å²) < 4.78 is 24.6. The fourth-order valence-electron chi connectivity index (χ4n) is 3.14. The zero-order valence-corrected chi connectivity index (χ0v) is 18.7. The van der Waals surface area contributed by atoms with Gasteiger partial charge in [-0.1, -0.05) is 0 Å². The topological polar surface area (TPSA) is 151 Å². The summed E-state index contributed by atoms with van der Waals surface area (Å²) in [4.78, 5) is 13.0. The smallest absolute Gasteiger partial charge is 0.238 e. The van der Waals surface area contributed by atoms with Crippen molar-refractivity contribution in [1.29, 1.82) is 0 Å². The van der Waals surface area contributed by atoms with Gasteiger partial charge in [0.25, 0.3) is 0 Å². The maximum Gasteiger partial charge on any atom is 0.238 e. The van der Waals surface area contributed by atoms with E-state index in [0.29, 0.717) is 39.0 Å². The van der Waals surface area contributed by atoms with Gasteiger partial charge in [0.15, 0.2) is 22.5 Å². The predicted octanol–water partition coefficient (Wildman–Crippen LogP) is 3.69. The van der Waals surface area contributed by atoms with Gasteiger partial charge in [0.2, 0.25) is 10.0 Å². The summed E-state index contributed by atoms with van der Waals surface area (Å²) in [6.07, 6.45) is 0. The van der Waals surface area contributed by atoms with Crippen LogP contribution in [0.1, 0.15) is 11.4 Å².